The van der Waals surface area contributed by atoms with Crippen molar-refractivity contribution < 1.29 is 22.0 Å². The number of pyridine rings is 1. The van der Waals surface area contributed by atoms with E-state index in [9.17, 15) is 26.7 Å². The van der Waals surface area contributed by atoms with Crippen molar-refractivity contribution in [2.24, 2.45) is 0 Å². The van der Waals surface area contributed by atoms with Gasteiger partial charge in [-0.25, -0.2) is 8.78 Å². The first-order chi connectivity index (χ1) is 9.20. The summed E-state index contributed by atoms with van der Waals surface area (Å²) in [6.45, 7) is 0. The summed E-state index contributed by atoms with van der Waals surface area (Å²) in [6.07, 6.45) is -3.97. The molecule has 2 aromatic rings. The number of hydrogen-bond donors (Lipinski definition) is 0. The third-order valence-corrected chi connectivity index (χ3v) is 2.68. The lowest BCUT2D eigenvalue weighted by Crippen LogP contribution is -2.19. The van der Waals surface area contributed by atoms with Crippen LogP contribution in [0.1, 0.15) is 5.56 Å². The molecule has 2 nitrogen and oxygen atoms in total. The fraction of sp³-hybridized carbons (Fsp3) is 0.0833. The number of benzene rings is 1. The maximum Gasteiger partial charge on any atom is 0.416 e. The van der Waals surface area contributed by atoms with Gasteiger partial charge in [-0.3, -0.25) is 9.36 Å². The first kappa shape index (κ1) is 14.5. The highest BCUT2D eigenvalue weighted by atomic mass is 35.5. The molecule has 1 aromatic heterocycles. The molecular weight excluding hydrogens is 305 g/mol. The monoisotopic (exact) mass is 309 g/mol. The quantitative estimate of drug-likeness (QED) is 0.735. The molecule has 0 atom stereocenters. The summed E-state index contributed by atoms with van der Waals surface area (Å²) in [5.74, 6) is -3.02. The van der Waals surface area contributed by atoms with Gasteiger partial charge in [0.15, 0.2) is 11.6 Å². The molecule has 0 saturated heterocycles. The number of halogens is 6. The first-order valence-electron chi connectivity index (χ1n) is 5.15. The van der Waals surface area contributed by atoms with Crippen molar-refractivity contribution >= 4 is 11.6 Å². The highest BCUT2D eigenvalue weighted by molar-refractivity contribution is 6.30. The molecule has 0 bridgehead atoms. The molecule has 106 valence electrons. The minimum absolute atomic E-state index is 0.00305. The first-order valence-corrected chi connectivity index (χ1v) is 5.53. The van der Waals surface area contributed by atoms with Crippen molar-refractivity contribution in [2.75, 3.05) is 0 Å². The van der Waals surface area contributed by atoms with E-state index >= 15 is 0 Å². The van der Waals surface area contributed by atoms with Crippen molar-refractivity contribution in [1.82, 2.24) is 4.57 Å². The van der Waals surface area contributed by atoms with Gasteiger partial charge in [-0.05, 0) is 18.2 Å². The second-order valence-corrected chi connectivity index (χ2v) is 4.28. The van der Waals surface area contributed by atoms with Gasteiger partial charge in [0.05, 0.1) is 10.6 Å². The summed E-state index contributed by atoms with van der Waals surface area (Å²) in [7, 11) is 0. The van der Waals surface area contributed by atoms with Gasteiger partial charge in [0, 0.05) is 12.3 Å². The lowest BCUT2D eigenvalue weighted by atomic mass is 10.1. The summed E-state index contributed by atoms with van der Waals surface area (Å²) in [5, 5.41) is 0.00305. The van der Waals surface area contributed by atoms with Crippen LogP contribution in [0.2, 0.25) is 5.02 Å². The fourth-order valence-electron chi connectivity index (χ4n) is 1.60. The summed E-state index contributed by atoms with van der Waals surface area (Å²) >= 11 is 5.59. The molecule has 1 heterocycles. The van der Waals surface area contributed by atoms with Gasteiger partial charge in [0.1, 0.15) is 5.69 Å². The zero-order valence-corrected chi connectivity index (χ0v) is 10.3. The maximum atomic E-state index is 13.7. The Morgan fingerprint density at radius 2 is 1.60 bits per heavy atom. The van der Waals surface area contributed by atoms with E-state index in [1.165, 1.54) is 6.07 Å². The predicted octanol–water partition coefficient (Wildman–Crippen LogP) is 3.79. The van der Waals surface area contributed by atoms with Gasteiger partial charge in [-0.2, -0.15) is 13.2 Å². The average molecular weight is 310 g/mol. The SMILES string of the molecule is O=c1ccc(Cl)cn1-c1c(F)cc(C(F)(F)F)cc1F. The second kappa shape index (κ2) is 4.90. The van der Waals surface area contributed by atoms with E-state index in [-0.39, 0.29) is 17.2 Å². The van der Waals surface area contributed by atoms with Crippen molar-refractivity contribution in [1.29, 1.82) is 0 Å². The Labute approximate surface area is 114 Å². The molecule has 0 saturated carbocycles. The normalized spacial score (nSPS) is 11.7. The molecule has 0 aliphatic carbocycles. The van der Waals surface area contributed by atoms with E-state index in [1.807, 2.05) is 0 Å². The fourth-order valence-corrected chi connectivity index (χ4v) is 1.76. The number of nitrogens with zero attached hydrogens (tertiary/aromatic N) is 1. The van der Waals surface area contributed by atoms with Crippen LogP contribution in [-0.2, 0) is 6.18 Å². The lowest BCUT2D eigenvalue weighted by molar-refractivity contribution is -0.138. The van der Waals surface area contributed by atoms with Crippen molar-refractivity contribution in [3.63, 3.8) is 0 Å². The van der Waals surface area contributed by atoms with E-state index in [2.05, 4.69) is 0 Å². The Balaban J connectivity index is 2.71. The highest BCUT2D eigenvalue weighted by Crippen LogP contribution is 2.32. The third-order valence-electron chi connectivity index (χ3n) is 2.46. The number of aromatic nitrogens is 1. The maximum absolute atomic E-state index is 13.7. The van der Waals surface area contributed by atoms with Crippen LogP contribution >= 0.6 is 11.6 Å². The smallest absolute Gasteiger partial charge is 0.277 e. The minimum atomic E-state index is -4.89. The van der Waals surface area contributed by atoms with Crippen LogP contribution in [-0.4, -0.2) is 4.57 Å². The van der Waals surface area contributed by atoms with Gasteiger partial charge in [0.2, 0.25) is 0 Å². The summed E-state index contributed by atoms with van der Waals surface area (Å²) < 4.78 is 65.1. The van der Waals surface area contributed by atoms with E-state index in [1.54, 1.807) is 0 Å². The standard InChI is InChI=1S/C12H5ClF5NO/c13-7-1-2-10(20)19(5-7)11-8(14)3-6(4-9(11)15)12(16,17)18/h1-5H. The molecular formula is C12H5ClF5NO. The van der Waals surface area contributed by atoms with Crippen LogP contribution < -0.4 is 5.56 Å². The molecule has 1 aromatic carbocycles. The Morgan fingerprint density at radius 3 is 2.10 bits per heavy atom. The highest BCUT2D eigenvalue weighted by Gasteiger charge is 2.33. The Hall–Kier alpha value is -1.89. The third kappa shape index (κ3) is 2.67. The van der Waals surface area contributed by atoms with Crippen LogP contribution in [0.15, 0.2) is 35.3 Å². The van der Waals surface area contributed by atoms with Gasteiger partial charge in [-0.15, -0.1) is 0 Å². The lowest BCUT2D eigenvalue weighted by Gasteiger charge is -2.12. The number of alkyl halides is 3. The van der Waals surface area contributed by atoms with Crippen LogP contribution in [0.25, 0.3) is 5.69 Å². The topological polar surface area (TPSA) is 22.0 Å². The molecule has 0 aliphatic rings. The molecule has 20 heavy (non-hydrogen) atoms. The summed E-state index contributed by atoms with van der Waals surface area (Å²) in [6, 6.07) is 2.37. The molecule has 0 N–H and O–H groups in total. The molecule has 0 radical (unpaired) electrons. The Morgan fingerprint density at radius 1 is 1.05 bits per heavy atom. The van der Waals surface area contributed by atoms with E-state index in [0.717, 1.165) is 12.3 Å². The van der Waals surface area contributed by atoms with E-state index in [4.69, 9.17) is 11.6 Å². The van der Waals surface area contributed by atoms with Gasteiger partial charge in [0.25, 0.3) is 5.56 Å². The molecule has 8 heteroatoms. The van der Waals surface area contributed by atoms with Gasteiger partial charge in [-0.1, -0.05) is 11.6 Å². The van der Waals surface area contributed by atoms with Crippen molar-refractivity contribution in [3.05, 3.63) is 63.0 Å². The predicted molar refractivity (Wildman–Crippen MR) is 62.0 cm³/mol. The summed E-state index contributed by atoms with van der Waals surface area (Å²) in [4.78, 5) is 11.5. The van der Waals surface area contributed by atoms with Crippen molar-refractivity contribution in [2.45, 2.75) is 6.18 Å². The molecule has 0 amide bonds. The zero-order valence-electron chi connectivity index (χ0n) is 9.51. The minimum Gasteiger partial charge on any atom is -0.277 e. The average Bonchev–Trinajstić information content (AvgIpc) is 2.31. The molecule has 0 fully saturated rings. The molecule has 2 rings (SSSR count). The van der Waals surface area contributed by atoms with E-state index < -0.39 is 34.6 Å². The van der Waals surface area contributed by atoms with Crippen LogP contribution in [0, 0.1) is 11.6 Å². The van der Waals surface area contributed by atoms with Crippen LogP contribution in [0.5, 0.6) is 0 Å². The van der Waals surface area contributed by atoms with Gasteiger partial charge >= 0.3 is 6.18 Å². The largest absolute Gasteiger partial charge is 0.416 e. The van der Waals surface area contributed by atoms with Crippen molar-refractivity contribution in [3.8, 4) is 5.69 Å². The van der Waals surface area contributed by atoms with Crippen LogP contribution in [0.3, 0.4) is 0 Å². The number of hydrogen-bond acceptors (Lipinski definition) is 1. The van der Waals surface area contributed by atoms with Crippen LogP contribution in [0.4, 0.5) is 22.0 Å². The van der Waals surface area contributed by atoms with Gasteiger partial charge < -0.3 is 0 Å². The number of rotatable bonds is 1. The summed E-state index contributed by atoms with van der Waals surface area (Å²) in [5.41, 5.74) is -3.22. The molecule has 0 aliphatic heterocycles. The van der Waals surface area contributed by atoms with E-state index in [0.29, 0.717) is 4.57 Å². The molecule has 0 spiro atoms. The zero-order chi connectivity index (χ0) is 15.1. The second-order valence-electron chi connectivity index (χ2n) is 3.84. The Kier molecular flexibility index (Phi) is 3.56. The Bertz CT molecular complexity index is 700. The molecule has 0 unspecified atom stereocenters.